The van der Waals surface area contributed by atoms with Crippen LogP contribution in [0.15, 0.2) is 35.3 Å². The molecule has 0 aliphatic carbocycles. The van der Waals surface area contributed by atoms with Crippen LogP contribution >= 0.6 is 0 Å². The first kappa shape index (κ1) is 26.5. The van der Waals surface area contributed by atoms with E-state index in [9.17, 15) is 31.1 Å². The van der Waals surface area contributed by atoms with Gasteiger partial charge in [0.1, 0.15) is 0 Å². The Labute approximate surface area is 189 Å². The van der Waals surface area contributed by atoms with Gasteiger partial charge in [-0.25, -0.2) is 14.8 Å². The number of aliphatic imine (C=N–C) groups is 1. The summed E-state index contributed by atoms with van der Waals surface area (Å²) in [4.78, 5) is 34.4. The van der Waals surface area contributed by atoms with Crippen molar-refractivity contribution in [3.05, 3.63) is 52.8 Å². The van der Waals surface area contributed by atoms with Gasteiger partial charge in [-0.05, 0) is 37.5 Å². The maximum absolute atomic E-state index is 12.8. The average molecular weight is 491 g/mol. The number of nitrogens with zero attached hydrogens (tertiary/aromatic N) is 4. The number of halogens is 6. The van der Waals surface area contributed by atoms with Gasteiger partial charge in [-0.15, -0.1) is 0 Å². The van der Waals surface area contributed by atoms with Gasteiger partial charge in [-0.3, -0.25) is 10.1 Å². The fourth-order valence-corrected chi connectivity index (χ4v) is 2.88. The number of guanidine groups is 1. The van der Waals surface area contributed by atoms with E-state index in [2.05, 4.69) is 15.0 Å². The maximum atomic E-state index is 12.8. The number of aromatic nitrogens is 2. The largest absolute Gasteiger partial charge is 0.490 e. The third-order valence-corrected chi connectivity index (χ3v) is 4.33. The number of carboxylic acid groups (broad SMARTS) is 1. The van der Waals surface area contributed by atoms with Crippen LogP contribution in [-0.2, 0) is 22.6 Å². The topological polar surface area (TPSA) is 108 Å². The number of amides is 1. The number of aryl methyl sites for hydroxylation is 2. The van der Waals surface area contributed by atoms with Crippen LogP contribution in [0.4, 0.5) is 32.3 Å². The van der Waals surface area contributed by atoms with Crippen molar-refractivity contribution in [3.63, 3.8) is 0 Å². The van der Waals surface area contributed by atoms with E-state index in [4.69, 9.17) is 9.90 Å². The van der Waals surface area contributed by atoms with E-state index < -0.39 is 24.2 Å². The minimum absolute atomic E-state index is 0.00355. The molecule has 3 rings (SSSR count). The summed E-state index contributed by atoms with van der Waals surface area (Å²) in [7, 11) is 0. The molecule has 0 atom stereocenters. The van der Waals surface area contributed by atoms with E-state index in [1.807, 2.05) is 29.6 Å². The Balaban J connectivity index is 0.000000509. The first-order chi connectivity index (χ1) is 15.7. The number of hydrogen-bond acceptors (Lipinski definition) is 5. The van der Waals surface area contributed by atoms with Crippen LogP contribution in [0.2, 0.25) is 0 Å². The van der Waals surface area contributed by atoms with E-state index in [1.54, 1.807) is 24.8 Å². The number of carbonyl (C=O) groups is 2. The molecule has 2 N–H and O–H groups in total. The van der Waals surface area contributed by atoms with Crippen molar-refractivity contribution in [1.29, 1.82) is 0 Å². The van der Waals surface area contributed by atoms with Gasteiger partial charge in [0.15, 0.2) is 0 Å². The van der Waals surface area contributed by atoms with Crippen LogP contribution in [0.3, 0.4) is 0 Å². The van der Waals surface area contributed by atoms with Crippen LogP contribution < -0.4 is 5.32 Å². The summed E-state index contributed by atoms with van der Waals surface area (Å²) in [5, 5.41) is 9.00. The van der Waals surface area contributed by atoms with Gasteiger partial charge in [0.2, 0.25) is 5.96 Å². The predicted octanol–water partition coefficient (Wildman–Crippen LogP) is 3.45. The zero-order valence-corrected chi connectivity index (χ0v) is 17.8. The highest BCUT2D eigenvalue weighted by atomic mass is 19.4. The number of fused-ring (bicyclic) bond motifs is 1. The number of benzene rings is 1. The second kappa shape index (κ2) is 10.5. The molecule has 34 heavy (non-hydrogen) atoms. The van der Waals surface area contributed by atoms with Crippen molar-refractivity contribution in [2.24, 2.45) is 4.99 Å². The molecule has 0 saturated heterocycles. The Morgan fingerprint density at radius 2 is 1.53 bits per heavy atom. The van der Waals surface area contributed by atoms with Crippen molar-refractivity contribution in [2.75, 3.05) is 6.54 Å². The summed E-state index contributed by atoms with van der Waals surface area (Å²) in [6, 6.07) is 9.38. The predicted molar refractivity (Wildman–Crippen MR) is 107 cm³/mol. The molecule has 184 valence electrons. The van der Waals surface area contributed by atoms with E-state index in [0.717, 1.165) is 11.1 Å². The highest BCUT2D eigenvalue weighted by Crippen LogP contribution is 2.21. The van der Waals surface area contributed by atoms with Crippen molar-refractivity contribution in [1.82, 2.24) is 20.2 Å². The molecule has 0 radical (unpaired) electrons. The average Bonchev–Trinajstić information content (AvgIpc) is 2.71. The molecule has 2 heterocycles. The molecule has 0 unspecified atom stereocenters. The first-order valence-electron chi connectivity index (χ1n) is 9.58. The summed E-state index contributed by atoms with van der Waals surface area (Å²) in [6.45, 7) is 4.22. The lowest BCUT2D eigenvalue weighted by molar-refractivity contribution is -0.192. The standard InChI is InChI=1S/C18H18F3N5O.C2HF3O2/c1-11-9-12(2)23-16(22-11)25-17(24-15(27)18(19,20)21)26-8-7-13-5-3-4-6-14(13)10-26;3-2(4,5)1(6)7/h3-6,9H,7-8,10H2,1-2H3,(H,22,23,24,25,27);(H,6,7). The number of aliphatic carboxylic acids is 1. The Morgan fingerprint density at radius 1 is 1.00 bits per heavy atom. The molecule has 2 aromatic rings. The van der Waals surface area contributed by atoms with Gasteiger partial charge in [-0.1, -0.05) is 24.3 Å². The van der Waals surface area contributed by atoms with E-state index in [-0.39, 0.29) is 11.9 Å². The zero-order chi connectivity index (χ0) is 25.7. The molecule has 0 bridgehead atoms. The number of hydrogen-bond donors (Lipinski definition) is 2. The number of carboxylic acids is 1. The minimum atomic E-state index is -5.08. The highest BCUT2D eigenvalue weighted by Gasteiger charge is 2.40. The molecule has 14 heteroatoms. The Bertz CT molecular complexity index is 1060. The zero-order valence-electron chi connectivity index (χ0n) is 17.8. The lowest BCUT2D eigenvalue weighted by Gasteiger charge is -2.31. The smallest absolute Gasteiger partial charge is 0.475 e. The molecule has 0 fully saturated rings. The third-order valence-electron chi connectivity index (χ3n) is 4.33. The van der Waals surface area contributed by atoms with Crippen LogP contribution in [0, 0.1) is 13.8 Å². The number of carbonyl (C=O) groups excluding carboxylic acids is 1. The van der Waals surface area contributed by atoms with Crippen LogP contribution in [-0.4, -0.2) is 56.7 Å². The van der Waals surface area contributed by atoms with Crippen LogP contribution in [0.25, 0.3) is 0 Å². The van der Waals surface area contributed by atoms with Gasteiger partial charge >= 0.3 is 24.2 Å². The van der Waals surface area contributed by atoms with E-state index in [0.29, 0.717) is 30.9 Å². The summed E-state index contributed by atoms with van der Waals surface area (Å²) in [5.41, 5.74) is 3.36. The second-order valence-corrected chi connectivity index (χ2v) is 7.08. The summed E-state index contributed by atoms with van der Waals surface area (Å²) in [5.74, 6) is -5.04. The monoisotopic (exact) mass is 491 g/mol. The number of rotatable bonds is 1. The SMILES string of the molecule is Cc1cc(C)nc(/N=C(\NC(=O)C(F)(F)F)N2CCc3ccccc3C2)n1.O=C(O)C(F)(F)F. The van der Waals surface area contributed by atoms with E-state index in [1.165, 1.54) is 0 Å². The molecular formula is C20H19F6N5O3. The summed E-state index contributed by atoms with van der Waals surface area (Å²) < 4.78 is 70.0. The molecule has 1 amide bonds. The lowest BCUT2D eigenvalue weighted by atomic mass is 10.0. The highest BCUT2D eigenvalue weighted by molar-refractivity contribution is 6.00. The van der Waals surface area contributed by atoms with Crippen LogP contribution in [0.5, 0.6) is 0 Å². The normalized spacial score (nSPS) is 14.0. The lowest BCUT2D eigenvalue weighted by Crippen LogP contribution is -2.49. The molecule has 0 saturated carbocycles. The first-order valence-corrected chi connectivity index (χ1v) is 9.58. The Kier molecular flexibility index (Phi) is 8.18. The van der Waals surface area contributed by atoms with Crippen molar-refractivity contribution in [3.8, 4) is 0 Å². The maximum Gasteiger partial charge on any atom is 0.490 e. The van der Waals surface area contributed by atoms with Gasteiger partial charge in [0.05, 0.1) is 0 Å². The molecule has 1 aliphatic rings. The van der Waals surface area contributed by atoms with Crippen molar-refractivity contribution in [2.45, 2.75) is 39.2 Å². The Hall–Kier alpha value is -3.71. The van der Waals surface area contributed by atoms with E-state index >= 15 is 0 Å². The fraction of sp³-hybridized carbons (Fsp3) is 0.350. The van der Waals surface area contributed by atoms with Gasteiger partial charge < -0.3 is 10.0 Å². The summed E-state index contributed by atoms with van der Waals surface area (Å²) in [6.07, 6.45) is -9.47. The third kappa shape index (κ3) is 7.71. The molecule has 8 nitrogen and oxygen atoms in total. The van der Waals surface area contributed by atoms with Crippen LogP contribution in [0.1, 0.15) is 22.5 Å². The number of alkyl halides is 6. The molecule has 1 aromatic heterocycles. The van der Waals surface area contributed by atoms with Gasteiger partial charge in [0, 0.05) is 24.5 Å². The summed E-state index contributed by atoms with van der Waals surface area (Å²) >= 11 is 0. The molecule has 1 aromatic carbocycles. The minimum Gasteiger partial charge on any atom is -0.475 e. The van der Waals surface area contributed by atoms with Crippen molar-refractivity contribution < 1.29 is 41.0 Å². The molecular weight excluding hydrogens is 472 g/mol. The molecule has 0 spiro atoms. The second-order valence-electron chi connectivity index (χ2n) is 7.08. The fourth-order valence-electron chi connectivity index (χ4n) is 2.88. The van der Waals surface area contributed by atoms with Gasteiger partial charge in [-0.2, -0.15) is 31.3 Å². The molecule has 1 aliphatic heterocycles. The quantitative estimate of drug-likeness (QED) is 0.360. The van der Waals surface area contributed by atoms with Crippen molar-refractivity contribution >= 4 is 23.8 Å². The number of nitrogens with one attached hydrogen (secondary N) is 1. The Morgan fingerprint density at radius 3 is 2.03 bits per heavy atom. The van der Waals surface area contributed by atoms with Gasteiger partial charge in [0.25, 0.3) is 5.95 Å².